The molecular formula is C19H33N3O5S. The Bertz CT molecular complexity index is 730. The summed E-state index contributed by atoms with van der Waals surface area (Å²) < 4.78 is 27.0. The first-order chi connectivity index (χ1) is 12.8. The molecule has 1 aromatic rings. The van der Waals surface area contributed by atoms with E-state index in [1.54, 1.807) is 13.1 Å². The number of hydrogen-bond donors (Lipinski definition) is 3. The van der Waals surface area contributed by atoms with E-state index < -0.39 is 27.0 Å². The van der Waals surface area contributed by atoms with Gasteiger partial charge in [-0.25, -0.2) is 0 Å². The van der Waals surface area contributed by atoms with Crippen LogP contribution in [0.4, 0.5) is 0 Å². The Morgan fingerprint density at radius 1 is 1.25 bits per heavy atom. The number of carbonyl (C=O) groups excluding carboxylic acids is 2. The van der Waals surface area contributed by atoms with E-state index in [9.17, 15) is 18.7 Å². The number of carbonyl (C=O) groups is 2. The number of nitrogens with one attached hydrogen (secondary N) is 1. The van der Waals surface area contributed by atoms with Crippen molar-refractivity contribution in [3.8, 4) is 0 Å². The Kier molecular flexibility index (Phi) is 6.65. The maximum absolute atomic E-state index is 12.8. The topological polar surface area (TPSA) is 114 Å². The lowest BCUT2D eigenvalue weighted by atomic mass is 9.92. The van der Waals surface area contributed by atoms with Gasteiger partial charge >= 0.3 is 0 Å². The van der Waals surface area contributed by atoms with E-state index in [0.29, 0.717) is 31.7 Å². The summed E-state index contributed by atoms with van der Waals surface area (Å²) >= 11 is 0. The van der Waals surface area contributed by atoms with Gasteiger partial charge in [-0.15, -0.1) is 0 Å². The summed E-state index contributed by atoms with van der Waals surface area (Å²) in [6, 6.07) is 1.71. The van der Waals surface area contributed by atoms with Crippen LogP contribution in [0.3, 0.4) is 0 Å². The molecule has 1 saturated heterocycles. The van der Waals surface area contributed by atoms with E-state index in [1.807, 2.05) is 20.8 Å². The van der Waals surface area contributed by atoms with Gasteiger partial charge in [0.15, 0.2) is 5.78 Å². The average molecular weight is 416 g/mol. The molecule has 1 fully saturated rings. The molecule has 0 atom stereocenters. The number of Topliss-reactive ketones (excluding diaryl/α,β-unsaturated/α-hetero) is 1. The fourth-order valence-corrected chi connectivity index (χ4v) is 5.19. The molecule has 2 rings (SSSR count). The Labute approximate surface area is 168 Å². The van der Waals surface area contributed by atoms with Crippen molar-refractivity contribution in [2.45, 2.75) is 62.9 Å². The van der Waals surface area contributed by atoms with E-state index in [-0.39, 0.29) is 17.2 Å². The smallest absolute Gasteiger partial charge is 0.269 e. The third-order valence-electron chi connectivity index (χ3n) is 5.35. The van der Waals surface area contributed by atoms with Gasteiger partial charge in [0.1, 0.15) is 10.4 Å². The molecule has 160 valence electrons. The van der Waals surface area contributed by atoms with Gasteiger partial charge in [-0.2, -0.15) is 15.7 Å². The molecule has 1 aliphatic rings. The summed E-state index contributed by atoms with van der Waals surface area (Å²) in [5.41, 5.74) is 0.932. The first kappa shape index (κ1) is 22.9. The van der Waals surface area contributed by atoms with Gasteiger partial charge in [-0.3, -0.25) is 23.4 Å². The Hall–Kier alpha value is -1.42. The predicted molar refractivity (Wildman–Crippen MR) is 110 cm³/mol. The normalized spacial score (nSPS) is 17.4. The molecule has 3 N–H and O–H groups in total. The molecule has 1 aromatic heterocycles. The van der Waals surface area contributed by atoms with Gasteiger partial charge in [0, 0.05) is 25.7 Å². The monoisotopic (exact) mass is 415 g/mol. The zero-order chi connectivity index (χ0) is 21.3. The number of nitrogens with zero attached hydrogens (tertiary/aromatic N) is 2. The second-order valence-electron chi connectivity index (χ2n) is 8.81. The van der Waals surface area contributed by atoms with Crippen molar-refractivity contribution in [1.82, 2.24) is 15.1 Å². The molecule has 0 unspecified atom stereocenters. The van der Waals surface area contributed by atoms with Crippen molar-refractivity contribution in [1.29, 1.82) is 0 Å². The summed E-state index contributed by atoms with van der Waals surface area (Å²) in [4.78, 5) is 25.3. The molecule has 0 bridgehead atoms. The minimum atomic E-state index is -3.20. The quantitative estimate of drug-likeness (QED) is 0.658. The molecular weight excluding hydrogens is 382 g/mol. The van der Waals surface area contributed by atoms with E-state index in [0.717, 1.165) is 5.69 Å². The van der Waals surface area contributed by atoms with Gasteiger partial charge in [0.05, 0.1) is 17.5 Å². The molecule has 1 amide bonds. The minimum Gasteiger partial charge on any atom is -0.381 e. The highest BCUT2D eigenvalue weighted by molar-refractivity contribution is 8.26. The number of rotatable bonds is 6. The van der Waals surface area contributed by atoms with Gasteiger partial charge in [-0.05, 0) is 32.8 Å². The summed E-state index contributed by atoms with van der Waals surface area (Å²) in [7, 11) is -1.52. The van der Waals surface area contributed by atoms with Crippen LogP contribution >= 0.6 is 10.6 Å². The SMILES string of the molecule is Cn1nc(C(C)(C)C)cc1C(=O)NCC(=O)C(C)(C)S(O)(O)C1CCOCC1. The molecule has 0 aromatic carbocycles. The molecule has 28 heavy (non-hydrogen) atoms. The Balaban J connectivity index is 2.06. The maximum Gasteiger partial charge on any atom is 0.269 e. The number of ketones is 1. The lowest BCUT2D eigenvalue weighted by Gasteiger charge is -2.51. The van der Waals surface area contributed by atoms with Crippen LogP contribution < -0.4 is 5.32 Å². The van der Waals surface area contributed by atoms with Crippen LogP contribution in [-0.4, -0.2) is 60.3 Å². The van der Waals surface area contributed by atoms with E-state index in [2.05, 4.69) is 10.4 Å². The first-order valence-corrected chi connectivity index (χ1v) is 11.1. The zero-order valence-electron chi connectivity index (χ0n) is 17.6. The number of aryl methyl sites for hydroxylation is 1. The average Bonchev–Trinajstić information content (AvgIpc) is 3.02. The lowest BCUT2D eigenvalue weighted by molar-refractivity contribution is -0.120. The number of aromatic nitrogens is 2. The molecule has 8 nitrogen and oxygen atoms in total. The van der Waals surface area contributed by atoms with Crippen LogP contribution in [0.1, 0.15) is 63.6 Å². The van der Waals surface area contributed by atoms with E-state index in [4.69, 9.17) is 4.74 Å². The third kappa shape index (κ3) is 4.59. The molecule has 0 aliphatic carbocycles. The second kappa shape index (κ2) is 8.14. The van der Waals surface area contributed by atoms with Crippen LogP contribution in [0, 0.1) is 0 Å². The molecule has 0 radical (unpaired) electrons. The summed E-state index contributed by atoms with van der Waals surface area (Å²) in [6.45, 7) is 9.72. The number of amides is 1. The number of ether oxygens (including phenoxy) is 1. The fourth-order valence-electron chi connectivity index (χ4n) is 3.10. The summed E-state index contributed by atoms with van der Waals surface area (Å²) in [5.74, 6) is -0.831. The minimum absolute atomic E-state index is 0.200. The zero-order valence-corrected chi connectivity index (χ0v) is 18.4. The van der Waals surface area contributed by atoms with Crippen molar-refractivity contribution in [3.63, 3.8) is 0 Å². The summed E-state index contributed by atoms with van der Waals surface area (Å²) in [5, 5.41) is 6.59. The molecule has 0 spiro atoms. The van der Waals surface area contributed by atoms with Crippen LogP contribution in [0.25, 0.3) is 0 Å². The van der Waals surface area contributed by atoms with Gasteiger partial charge in [-0.1, -0.05) is 20.8 Å². The highest BCUT2D eigenvalue weighted by Gasteiger charge is 2.45. The van der Waals surface area contributed by atoms with Crippen molar-refractivity contribution < 1.29 is 23.4 Å². The van der Waals surface area contributed by atoms with Crippen LogP contribution in [-0.2, 0) is 22.0 Å². The molecule has 9 heteroatoms. The second-order valence-corrected chi connectivity index (χ2v) is 11.7. The van der Waals surface area contributed by atoms with Gasteiger partial charge < -0.3 is 10.1 Å². The van der Waals surface area contributed by atoms with Crippen molar-refractivity contribution in [2.24, 2.45) is 7.05 Å². The Morgan fingerprint density at radius 3 is 2.32 bits per heavy atom. The van der Waals surface area contributed by atoms with Crippen molar-refractivity contribution in [2.75, 3.05) is 19.8 Å². The molecule has 1 aliphatic heterocycles. The van der Waals surface area contributed by atoms with Crippen LogP contribution in [0.15, 0.2) is 6.07 Å². The van der Waals surface area contributed by atoms with Gasteiger partial charge in [0.2, 0.25) is 0 Å². The highest BCUT2D eigenvalue weighted by Crippen LogP contribution is 2.58. The van der Waals surface area contributed by atoms with Crippen molar-refractivity contribution in [3.05, 3.63) is 17.5 Å². The maximum atomic E-state index is 12.8. The fraction of sp³-hybridized carbons (Fsp3) is 0.737. The lowest BCUT2D eigenvalue weighted by Crippen LogP contribution is -2.48. The van der Waals surface area contributed by atoms with Crippen LogP contribution in [0.2, 0.25) is 0 Å². The van der Waals surface area contributed by atoms with Gasteiger partial charge in [0.25, 0.3) is 5.91 Å². The number of hydrogen-bond acceptors (Lipinski definition) is 6. The van der Waals surface area contributed by atoms with E-state index >= 15 is 0 Å². The first-order valence-electron chi connectivity index (χ1n) is 9.49. The predicted octanol–water partition coefficient (Wildman–Crippen LogP) is 2.72. The largest absolute Gasteiger partial charge is 0.381 e. The van der Waals surface area contributed by atoms with Crippen LogP contribution in [0.5, 0.6) is 0 Å². The highest BCUT2D eigenvalue weighted by atomic mass is 32.3. The van der Waals surface area contributed by atoms with E-state index in [1.165, 1.54) is 18.5 Å². The molecule has 2 heterocycles. The standard InChI is InChI=1S/C19H33N3O5S/c1-18(2,3)15-11-14(22(6)21-15)17(24)20-12-16(23)19(4,5)28(25,26)13-7-9-27-10-8-13/h11,13,25-26H,7-10,12H2,1-6H3,(H,20,24). The summed E-state index contributed by atoms with van der Waals surface area (Å²) in [6.07, 6.45) is 1.02. The third-order valence-corrected chi connectivity index (χ3v) is 8.48. The Morgan fingerprint density at radius 2 is 1.82 bits per heavy atom. The van der Waals surface area contributed by atoms with Crippen molar-refractivity contribution >= 4 is 22.3 Å². The molecule has 0 saturated carbocycles.